The Morgan fingerprint density at radius 1 is 1.25 bits per heavy atom. The Morgan fingerprint density at radius 2 is 1.90 bits per heavy atom. The summed E-state index contributed by atoms with van der Waals surface area (Å²) in [5.74, 6) is -1.46. The zero-order chi connectivity index (χ0) is 14.7. The molecule has 1 N–H and O–H groups in total. The fourth-order valence-corrected chi connectivity index (χ4v) is 1.95. The Balaban J connectivity index is 2.30. The summed E-state index contributed by atoms with van der Waals surface area (Å²) in [5.41, 5.74) is 1.35. The topological polar surface area (TPSA) is 63.6 Å². The smallest absolute Gasteiger partial charge is 0.197 e. The highest BCUT2D eigenvalue weighted by molar-refractivity contribution is 6.30. The van der Waals surface area contributed by atoms with Crippen molar-refractivity contribution in [1.82, 2.24) is 0 Å². The lowest BCUT2D eigenvalue weighted by Gasteiger charge is -2.03. The lowest BCUT2D eigenvalue weighted by atomic mass is 10.0. The van der Waals surface area contributed by atoms with Gasteiger partial charge in [0, 0.05) is 6.08 Å². The molecule has 1 aliphatic carbocycles. The van der Waals surface area contributed by atoms with Gasteiger partial charge in [0.25, 0.3) is 0 Å². The number of carbonyl (C=O) groups excluding carboxylic acids is 2. The molecule has 0 aliphatic heterocycles. The number of rotatable bonds is 4. The second kappa shape index (κ2) is 5.57. The average Bonchev–Trinajstić information content (AvgIpc) is 2.74. The molecule has 20 heavy (non-hydrogen) atoms. The van der Waals surface area contributed by atoms with Gasteiger partial charge in [0.2, 0.25) is 0 Å². The number of benzene rings is 1. The van der Waals surface area contributed by atoms with Crippen molar-refractivity contribution in [3.05, 3.63) is 65.1 Å². The molecule has 0 aromatic heterocycles. The second-order valence-electron chi connectivity index (χ2n) is 4.36. The van der Waals surface area contributed by atoms with E-state index in [4.69, 9.17) is 4.74 Å². The van der Waals surface area contributed by atoms with Gasteiger partial charge < -0.3 is 9.84 Å². The van der Waals surface area contributed by atoms with Crippen LogP contribution in [0.3, 0.4) is 0 Å². The zero-order valence-corrected chi connectivity index (χ0v) is 11.2. The largest absolute Gasteiger partial charge is 0.504 e. The van der Waals surface area contributed by atoms with E-state index in [0.29, 0.717) is 0 Å². The normalized spacial score (nSPS) is 15.4. The van der Waals surface area contributed by atoms with Gasteiger partial charge in [-0.25, -0.2) is 0 Å². The molecule has 0 atom stereocenters. The molecule has 2 rings (SSSR count). The molecular formula is C16H14O4. The molecule has 0 heterocycles. The fraction of sp³-hybridized carbons (Fsp3) is 0.125. The van der Waals surface area contributed by atoms with Gasteiger partial charge in [-0.05, 0) is 24.1 Å². The SMILES string of the molecule is COC1=CC(=O)C(C(=O)C=C(C)c2ccccc2)=C1O. The van der Waals surface area contributed by atoms with E-state index in [1.165, 1.54) is 13.2 Å². The van der Waals surface area contributed by atoms with Gasteiger partial charge in [-0.1, -0.05) is 30.3 Å². The number of hydrogen-bond acceptors (Lipinski definition) is 4. The number of ketones is 2. The van der Waals surface area contributed by atoms with E-state index in [0.717, 1.165) is 17.2 Å². The molecule has 0 saturated heterocycles. The van der Waals surface area contributed by atoms with Gasteiger partial charge in [0.15, 0.2) is 23.1 Å². The molecule has 1 aliphatic rings. The maximum absolute atomic E-state index is 12.1. The third-order valence-corrected chi connectivity index (χ3v) is 3.02. The maximum atomic E-state index is 12.1. The number of hydrogen-bond donors (Lipinski definition) is 1. The molecule has 0 fully saturated rings. The molecular weight excluding hydrogens is 256 g/mol. The molecule has 4 heteroatoms. The van der Waals surface area contributed by atoms with E-state index in [9.17, 15) is 14.7 Å². The Kier molecular flexibility index (Phi) is 3.84. The van der Waals surface area contributed by atoms with Crippen molar-refractivity contribution in [2.45, 2.75) is 6.92 Å². The van der Waals surface area contributed by atoms with Crippen LogP contribution in [0.15, 0.2) is 59.6 Å². The van der Waals surface area contributed by atoms with E-state index in [-0.39, 0.29) is 11.3 Å². The van der Waals surface area contributed by atoms with Gasteiger partial charge in [-0.15, -0.1) is 0 Å². The van der Waals surface area contributed by atoms with Gasteiger partial charge in [-0.2, -0.15) is 0 Å². The zero-order valence-electron chi connectivity index (χ0n) is 11.2. The van der Waals surface area contributed by atoms with Crippen molar-refractivity contribution in [3.8, 4) is 0 Å². The standard InChI is InChI=1S/C16H14O4/c1-10(11-6-4-3-5-7-11)8-12(17)15-13(18)9-14(20-2)16(15)19/h3-9,19H,1-2H3. The molecule has 0 radical (unpaired) electrons. The molecule has 0 saturated carbocycles. The van der Waals surface area contributed by atoms with Crippen LogP contribution in [0.25, 0.3) is 5.57 Å². The van der Waals surface area contributed by atoms with Gasteiger partial charge >= 0.3 is 0 Å². The van der Waals surface area contributed by atoms with E-state index in [2.05, 4.69) is 0 Å². The summed E-state index contributed by atoms with van der Waals surface area (Å²) in [6.45, 7) is 1.77. The van der Waals surface area contributed by atoms with Crippen LogP contribution in [0.5, 0.6) is 0 Å². The molecule has 1 aromatic rings. The third kappa shape index (κ3) is 2.54. The van der Waals surface area contributed by atoms with E-state index in [1.807, 2.05) is 30.3 Å². The molecule has 0 spiro atoms. The molecule has 102 valence electrons. The summed E-state index contributed by atoms with van der Waals surface area (Å²) >= 11 is 0. The van der Waals surface area contributed by atoms with Crippen molar-refractivity contribution in [2.75, 3.05) is 7.11 Å². The first-order valence-electron chi connectivity index (χ1n) is 6.06. The summed E-state index contributed by atoms with van der Waals surface area (Å²) in [6.07, 6.45) is 2.44. The number of carbonyl (C=O) groups is 2. The molecule has 1 aromatic carbocycles. The van der Waals surface area contributed by atoms with Crippen molar-refractivity contribution in [2.24, 2.45) is 0 Å². The van der Waals surface area contributed by atoms with Crippen LogP contribution in [0.1, 0.15) is 12.5 Å². The second-order valence-corrected chi connectivity index (χ2v) is 4.36. The summed E-state index contributed by atoms with van der Waals surface area (Å²) in [7, 11) is 1.33. The first-order chi connectivity index (χ1) is 9.54. The van der Waals surface area contributed by atoms with E-state index in [1.54, 1.807) is 6.92 Å². The van der Waals surface area contributed by atoms with Gasteiger partial charge in [0.05, 0.1) is 7.11 Å². The minimum Gasteiger partial charge on any atom is -0.504 e. The lowest BCUT2D eigenvalue weighted by Crippen LogP contribution is -2.08. The van der Waals surface area contributed by atoms with Crippen LogP contribution in [0.4, 0.5) is 0 Å². The number of aliphatic hydroxyl groups is 1. The number of methoxy groups -OCH3 is 1. The van der Waals surface area contributed by atoms with Crippen LogP contribution < -0.4 is 0 Å². The monoisotopic (exact) mass is 270 g/mol. The van der Waals surface area contributed by atoms with Gasteiger partial charge in [-0.3, -0.25) is 9.59 Å². The van der Waals surface area contributed by atoms with Crippen molar-refractivity contribution in [3.63, 3.8) is 0 Å². The molecule has 4 nitrogen and oxygen atoms in total. The maximum Gasteiger partial charge on any atom is 0.197 e. The van der Waals surface area contributed by atoms with Gasteiger partial charge in [0.1, 0.15) is 5.57 Å². The average molecular weight is 270 g/mol. The quantitative estimate of drug-likeness (QED) is 0.674. The van der Waals surface area contributed by atoms with E-state index < -0.39 is 17.3 Å². The highest BCUT2D eigenvalue weighted by Crippen LogP contribution is 2.24. The predicted octanol–water partition coefficient (Wildman–Crippen LogP) is 2.58. The van der Waals surface area contributed by atoms with E-state index >= 15 is 0 Å². The van der Waals surface area contributed by atoms with Crippen LogP contribution in [0.2, 0.25) is 0 Å². The Hall–Kier alpha value is -2.62. The Labute approximate surface area is 116 Å². The van der Waals surface area contributed by atoms with Crippen molar-refractivity contribution < 1.29 is 19.4 Å². The fourth-order valence-electron chi connectivity index (χ4n) is 1.95. The number of allylic oxidation sites excluding steroid dienone is 4. The first-order valence-corrected chi connectivity index (χ1v) is 6.06. The van der Waals surface area contributed by atoms with Crippen LogP contribution in [0, 0.1) is 0 Å². The Bertz CT molecular complexity index is 648. The first kappa shape index (κ1) is 13.8. The van der Waals surface area contributed by atoms with Crippen LogP contribution >= 0.6 is 0 Å². The molecule has 0 unspecified atom stereocenters. The highest BCUT2D eigenvalue weighted by atomic mass is 16.5. The van der Waals surface area contributed by atoms with Crippen LogP contribution in [-0.4, -0.2) is 23.8 Å². The summed E-state index contributed by atoms with van der Waals surface area (Å²) < 4.78 is 4.82. The van der Waals surface area contributed by atoms with Crippen molar-refractivity contribution >= 4 is 17.1 Å². The van der Waals surface area contributed by atoms with Crippen LogP contribution in [-0.2, 0) is 14.3 Å². The molecule has 0 amide bonds. The predicted molar refractivity (Wildman–Crippen MR) is 74.9 cm³/mol. The number of ether oxygens (including phenoxy) is 1. The molecule has 0 bridgehead atoms. The highest BCUT2D eigenvalue weighted by Gasteiger charge is 2.29. The lowest BCUT2D eigenvalue weighted by molar-refractivity contribution is -0.116. The van der Waals surface area contributed by atoms with Crippen molar-refractivity contribution in [1.29, 1.82) is 0 Å². The Morgan fingerprint density at radius 3 is 2.45 bits per heavy atom. The summed E-state index contributed by atoms with van der Waals surface area (Å²) in [6, 6.07) is 9.33. The minimum atomic E-state index is -0.540. The summed E-state index contributed by atoms with van der Waals surface area (Å²) in [5, 5.41) is 9.79. The third-order valence-electron chi connectivity index (χ3n) is 3.02. The minimum absolute atomic E-state index is 0.0177. The number of aliphatic hydroxyl groups excluding tert-OH is 1. The summed E-state index contributed by atoms with van der Waals surface area (Å²) in [4.78, 5) is 23.8.